The third kappa shape index (κ3) is 4.56. The molecule has 1 aromatic heterocycles. The van der Waals surface area contributed by atoms with Crippen molar-refractivity contribution in [1.29, 1.82) is 0 Å². The molecule has 27 heavy (non-hydrogen) atoms. The van der Waals surface area contributed by atoms with E-state index in [1.165, 1.54) is 0 Å². The van der Waals surface area contributed by atoms with Gasteiger partial charge in [-0.3, -0.25) is 9.89 Å². The van der Waals surface area contributed by atoms with Crippen LogP contribution in [-0.4, -0.2) is 35.2 Å². The minimum Gasteiger partial charge on any atom is -0.497 e. The summed E-state index contributed by atoms with van der Waals surface area (Å²) in [6, 6.07) is 17.6. The molecule has 0 fully saturated rings. The fourth-order valence-electron chi connectivity index (χ4n) is 3.03. The Hall–Kier alpha value is -3.08. The molecule has 0 radical (unpaired) electrons. The number of aromatic amines is 1. The predicted octanol–water partition coefficient (Wildman–Crippen LogP) is 4.31. The number of nitrogens with zero attached hydrogens (tertiary/aromatic N) is 2. The van der Waals surface area contributed by atoms with Crippen LogP contribution in [0.25, 0.3) is 11.1 Å². The molecule has 0 unspecified atom stereocenters. The average Bonchev–Trinajstić information content (AvgIpc) is 3.14. The summed E-state index contributed by atoms with van der Waals surface area (Å²) in [6.07, 6.45) is 2.00. The fraction of sp³-hybridized carbons (Fsp3) is 0.273. The maximum Gasteiger partial charge on any atom is 0.253 e. The van der Waals surface area contributed by atoms with E-state index in [0.29, 0.717) is 12.1 Å². The molecule has 0 bridgehead atoms. The normalized spacial score (nSPS) is 10.6. The first-order chi connectivity index (χ1) is 13.1. The van der Waals surface area contributed by atoms with Crippen LogP contribution in [0.4, 0.5) is 0 Å². The quantitative estimate of drug-likeness (QED) is 0.680. The van der Waals surface area contributed by atoms with E-state index in [0.717, 1.165) is 41.1 Å². The Morgan fingerprint density at radius 2 is 1.89 bits per heavy atom. The number of hydrogen-bond donors (Lipinski definition) is 1. The van der Waals surface area contributed by atoms with E-state index in [4.69, 9.17) is 4.74 Å². The third-order valence-corrected chi connectivity index (χ3v) is 4.48. The molecule has 140 valence electrons. The zero-order chi connectivity index (χ0) is 19.2. The molecule has 1 amide bonds. The van der Waals surface area contributed by atoms with Gasteiger partial charge in [0.05, 0.1) is 25.0 Å². The number of H-pyrrole nitrogens is 1. The van der Waals surface area contributed by atoms with E-state index in [2.05, 4.69) is 17.1 Å². The Morgan fingerprint density at radius 3 is 2.59 bits per heavy atom. The van der Waals surface area contributed by atoms with Crippen LogP contribution in [0.3, 0.4) is 0 Å². The first kappa shape index (κ1) is 18.7. The predicted molar refractivity (Wildman–Crippen MR) is 107 cm³/mol. The Labute approximate surface area is 160 Å². The summed E-state index contributed by atoms with van der Waals surface area (Å²) in [7, 11) is 3.46. The molecule has 5 nitrogen and oxygen atoms in total. The zero-order valence-corrected chi connectivity index (χ0v) is 16.0. The second kappa shape index (κ2) is 8.54. The van der Waals surface area contributed by atoms with Gasteiger partial charge in [-0.1, -0.05) is 37.6 Å². The highest BCUT2D eigenvalue weighted by Crippen LogP contribution is 2.24. The minimum atomic E-state index is -0.0150. The van der Waals surface area contributed by atoms with Crippen LogP contribution < -0.4 is 4.74 Å². The van der Waals surface area contributed by atoms with Crippen LogP contribution in [0.5, 0.6) is 5.75 Å². The number of ether oxygens (including phenoxy) is 1. The Balaban J connectivity index is 1.68. The molecule has 0 saturated heterocycles. The molecule has 1 N–H and O–H groups in total. The number of carbonyl (C=O) groups excluding carboxylic acids is 1. The van der Waals surface area contributed by atoms with Crippen LogP contribution in [0.15, 0.2) is 54.6 Å². The summed E-state index contributed by atoms with van der Waals surface area (Å²) in [4.78, 5) is 14.4. The zero-order valence-electron chi connectivity index (χ0n) is 16.0. The molecule has 2 aromatic carbocycles. The van der Waals surface area contributed by atoms with Gasteiger partial charge in [0.1, 0.15) is 5.75 Å². The smallest absolute Gasteiger partial charge is 0.253 e. The van der Waals surface area contributed by atoms with Crippen molar-refractivity contribution >= 4 is 5.91 Å². The molecule has 0 saturated carbocycles. The van der Waals surface area contributed by atoms with Crippen molar-refractivity contribution < 1.29 is 9.53 Å². The van der Waals surface area contributed by atoms with E-state index in [-0.39, 0.29) is 5.91 Å². The topological polar surface area (TPSA) is 58.2 Å². The maximum absolute atomic E-state index is 12.7. The largest absolute Gasteiger partial charge is 0.497 e. The molecule has 0 aliphatic carbocycles. The number of carbonyl (C=O) groups is 1. The number of benzene rings is 2. The van der Waals surface area contributed by atoms with Crippen LogP contribution in [0.1, 0.15) is 35.1 Å². The van der Waals surface area contributed by atoms with Gasteiger partial charge < -0.3 is 9.64 Å². The number of aromatic nitrogens is 2. The number of aryl methyl sites for hydroxylation is 1. The van der Waals surface area contributed by atoms with Gasteiger partial charge >= 0.3 is 0 Å². The van der Waals surface area contributed by atoms with E-state index in [1.807, 2.05) is 54.6 Å². The lowest BCUT2D eigenvalue weighted by Gasteiger charge is -2.16. The summed E-state index contributed by atoms with van der Waals surface area (Å²) >= 11 is 0. The molecule has 3 rings (SSSR count). The molecule has 0 aliphatic heterocycles. The van der Waals surface area contributed by atoms with Crippen LogP contribution in [-0.2, 0) is 13.0 Å². The molecule has 0 spiro atoms. The lowest BCUT2D eigenvalue weighted by Crippen LogP contribution is -2.26. The lowest BCUT2D eigenvalue weighted by molar-refractivity contribution is 0.0783. The highest BCUT2D eigenvalue weighted by atomic mass is 16.5. The Kier molecular flexibility index (Phi) is 5.91. The Morgan fingerprint density at radius 1 is 1.11 bits per heavy atom. The van der Waals surface area contributed by atoms with Crippen molar-refractivity contribution in [2.45, 2.75) is 26.3 Å². The van der Waals surface area contributed by atoms with Crippen LogP contribution in [0.2, 0.25) is 0 Å². The van der Waals surface area contributed by atoms with Crippen molar-refractivity contribution in [2.24, 2.45) is 0 Å². The number of nitrogens with one attached hydrogen (secondary N) is 1. The van der Waals surface area contributed by atoms with E-state index < -0.39 is 0 Å². The van der Waals surface area contributed by atoms with Gasteiger partial charge in [-0.25, -0.2) is 0 Å². The number of rotatable bonds is 7. The summed E-state index contributed by atoms with van der Waals surface area (Å²) in [5.74, 6) is 0.799. The fourth-order valence-corrected chi connectivity index (χ4v) is 3.03. The van der Waals surface area contributed by atoms with Crippen LogP contribution in [0, 0.1) is 0 Å². The Bertz CT molecular complexity index is 900. The maximum atomic E-state index is 12.7. The number of hydrogen-bond acceptors (Lipinski definition) is 3. The SMILES string of the molecule is CCCc1cc(CN(C)C(=O)c2ccc(-c3cccc(OC)c3)cc2)[nH]n1. The van der Waals surface area contributed by atoms with Gasteiger partial charge in [-0.15, -0.1) is 0 Å². The van der Waals surface area contributed by atoms with E-state index in [9.17, 15) is 4.79 Å². The van der Waals surface area contributed by atoms with Crippen molar-refractivity contribution in [1.82, 2.24) is 15.1 Å². The molecular weight excluding hydrogens is 338 g/mol. The highest BCUT2D eigenvalue weighted by Gasteiger charge is 2.13. The second-order valence-corrected chi connectivity index (χ2v) is 6.61. The molecule has 0 aliphatic rings. The van der Waals surface area contributed by atoms with Gasteiger partial charge in [0.15, 0.2) is 0 Å². The van der Waals surface area contributed by atoms with E-state index in [1.54, 1.807) is 19.1 Å². The standard InChI is InChI=1S/C22H25N3O2/c1-4-6-19-14-20(24-23-19)15-25(2)22(26)17-11-9-16(10-12-17)18-7-5-8-21(13-18)27-3/h5,7-14H,4,6,15H2,1-3H3,(H,23,24). The summed E-state index contributed by atoms with van der Waals surface area (Å²) in [6.45, 7) is 2.63. The van der Waals surface area contributed by atoms with E-state index >= 15 is 0 Å². The van der Waals surface area contributed by atoms with Crippen LogP contribution >= 0.6 is 0 Å². The van der Waals surface area contributed by atoms with Gasteiger partial charge in [-0.2, -0.15) is 5.10 Å². The van der Waals surface area contributed by atoms with Crippen molar-refractivity contribution in [2.75, 3.05) is 14.2 Å². The summed E-state index contributed by atoms with van der Waals surface area (Å²) in [5.41, 5.74) is 4.75. The summed E-state index contributed by atoms with van der Waals surface area (Å²) in [5, 5.41) is 7.29. The van der Waals surface area contributed by atoms with Gasteiger partial charge in [0, 0.05) is 12.6 Å². The molecule has 1 heterocycles. The van der Waals surface area contributed by atoms with Gasteiger partial charge in [0.2, 0.25) is 0 Å². The second-order valence-electron chi connectivity index (χ2n) is 6.61. The number of amides is 1. The highest BCUT2D eigenvalue weighted by molar-refractivity contribution is 5.94. The van der Waals surface area contributed by atoms with Crippen molar-refractivity contribution in [3.63, 3.8) is 0 Å². The lowest BCUT2D eigenvalue weighted by atomic mass is 10.0. The van der Waals surface area contributed by atoms with Gasteiger partial charge in [0.25, 0.3) is 5.91 Å². The first-order valence-corrected chi connectivity index (χ1v) is 9.14. The van der Waals surface area contributed by atoms with Crippen molar-refractivity contribution in [3.8, 4) is 16.9 Å². The average molecular weight is 363 g/mol. The monoisotopic (exact) mass is 363 g/mol. The summed E-state index contributed by atoms with van der Waals surface area (Å²) < 4.78 is 5.27. The van der Waals surface area contributed by atoms with Crippen molar-refractivity contribution in [3.05, 3.63) is 71.5 Å². The molecular formula is C22H25N3O2. The third-order valence-electron chi connectivity index (χ3n) is 4.48. The molecule has 5 heteroatoms. The minimum absolute atomic E-state index is 0.0150. The number of methoxy groups -OCH3 is 1. The molecule has 3 aromatic rings. The molecule has 0 atom stereocenters. The van der Waals surface area contributed by atoms with Gasteiger partial charge in [-0.05, 0) is 47.9 Å². The first-order valence-electron chi connectivity index (χ1n) is 9.14.